The Bertz CT molecular complexity index is 465. The van der Waals surface area contributed by atoms with Crippen LogP contribution in [0, 0.1) is 0 Å². The maximum absolute atomic E-state index is 11.5. The van der Waals surface area contributed by atoms with Crippen molar-refractivity contribution in [3.05, 3.63) is 29.8 Å². The monoisotopic (exact) mass is 276 g/mol. The lowest BCUT2D eigenvalue weighted by atomic mass is 9.93. The van der Waals surface area contributed by atoms with Crippen LogP contribution in [0.2, 0.25) is 0 Å². The second-order valence-corrected chi connectivity index (χ2v) is 7.62. The fourth-order valence-corrected chi connectivity index (χ4v) is 4.33. The average molecular weight is 277 g/mol. The third kappa shape index (κ3) is 2.73. The van der Waals surface area contributed by atoms with Crippen LogP contribution in [0.3, 0.4) is 0 Å². The van der Waals surface area contributed by atoms with Gasteiger partial charge in [-0.25, -0.2) is 8.42 Å². The number of rotatable bonds is 2. The van der Waals surface area contributed by atoms with E-state index in [1.165, 1.54) is 0 Å². The highest BCUT2D eigenvalue weighted by molar-refractivity contribution is 8.13. The van der Waals surface area contributed by atoms with Gasteiger partial charge in [-0.15, -0.1) is 0 Å². The molecule has 16 heavy (non-hydrogen) atoms. The molecule has 1 heterocycles. The molecule has 1 aliphatic heterocycles. The van der Waals surface area contributed by atoms with Crippen molar-refractivity contribution in [2.75, 3.05) is 11.5 Å². The molecule has 0 atom stereocenters. The van der Waals surface area contributed by atoms with Gasteiger partial charge in [-0.05, 0) is 41.9 Å². The first-order valence-electron chi connectivity index (χ1n) is 5.20. The molecule has 1 aromatic rings. The summed E-state index contributed by atoms with van der Waals surface area (Å²) < 4.78 is 22.9. The van der Waals surface area contributed by atoms with Gasteiger partial charge in [0, 0.05) is 10.7 Å². The Balaban J connectivity index is 2.40. The van der Waals surface area contributed by atoms with E-state index in [9.17, 15) is 8.42 Å². The van der Waals surface area contributed by atoms with E-state index in [2.05, 4.69) is 0 Å². The molecule has 0 radical (unpaired) electrons. The van der Waals surface area contributed by atoms with Crippen LogP contribution in [0.25, 0.3) is 0 Å². The van der Waals surface area contributed by atoms with E-state index in [0.717, 1.165) is 29.9 Å². The molecule has 0 unspecified atom stereocenters. The van der Waals surface area contributed by atoms with Crippen molar-refractivity contribution >= 4 is 31.5 Å². The normalized spacial score (nSPS) is 18.6. The highest BCUT2D eigenvalue weighted by Gasteiger charge is 2.23. The van der Waals surface area contributed by atoms with Crippen molar-refractivity contribution in [2.24, 2.45) is 0 Å². The molecule has 5 heteroatoms. The second-order valence-electron chi connectivity index (χ2n) is 3.86. The van der Waals surface area contributed by atoms with Crippen molar-refractivity contribution in [3.63, 3.8) is 0 Å². The largest absolute Gasteiger partial charge is 0.261 e. The van der Waals surface area contributed by atoms with Crippen LogP contribution in [0.15, 0.2) is 29.2 Å². The molecule has 0 amide bonds. The molecule has 1 aromatic carbocycles. The van der Waals surface area contributed by atoms with Crippen LogP contribution < -0.4 is 0 Å². The highest BCUT2D eigenvalue weighted by atomic mass is 35.7. The zero-order valence-corrected chi connectivity index (χ0v) is 11.1. The molecule has 0 aliphatic carbocycles. The maximum atomic E-state index is 11.5. The third-order valence-corrected chi connectivity index (χ3v) is 5.29. The van der Waals surface area contributed by atoms with Crippen LogP contribution in [-0.2, 0) is 9.05 Å². The Morgan fingerprint density at radius 2 is 1.81 bits per heavy atom. The van der Waals surface area contributed by atoms with Crippen LogP contribution in [0.4, 0.5) is 0 Å². The van der Waals surface area contributed by atoms with Gasteiger partial charge in [0.15, 0.2) is 0 Å². The molecule has 0 spiro atoms. The maximum Gasteiger partial charge on any atom is 0.261 e. The minimum Gasteiger partial charge on any atom is -0.207 e. The van der Waals surface area contributed by atoms with Gasteiger partial charge < -0.3 is 0 Å². The van der Waals surface area contributed by atoms with E-state index in [1.807, 2.05) is 23.9 Å². The fraction of sp³-hybridized carbons (Fsp3) is 0.455. The van der Waals surface area contributed by atoms with E-state index in [1.54, 1.807) is 12.1 Å². The topological polar surface area (TPSA) is 34.1 Å². The molecule has 0 N–H and O–H groups in total. The van der Waals surface area contributed by atoms with Crippen LogP contribution in [0.1, 0.15) is 24.3 Å². The minimum atomic E-state index is -3.62. The molecule has 88 valence electrons. The van der Waals surface area contributed by atoms with Gasteiger partial charge in [-0.3, -0.25) is 0 Å². The Morgan fingerprint density at radius 1 is 1.19 bits per heavy atom. The molecular weight excluding hydrogens is 264 g/mol. The van der Waals surface area contributed by atoms with Gasteiger partial charge in [0.05, 0.1) is 4.90 Å². The molecule has 1 fully saturated rings. The van der Waals surface area contributed by atoms with Crippen LogP contribution >= 0.6 is 22.4 Å². The quantitative estimate of drug-likeness (QED) is 0.778. The van der Waals surface area contributed by atoms with Crippen molar-refractivity contribution in [1.82, 2.24) is 0 Å². The lowest BCUT2D eigenvalue weighted by Crippen LogP contribution is -2.10. The zero-order valence-electron chi connectivity index (χ0n) is 8.73. The number of benzene rings is 1. The molecule has 1 saturated heterocycles. The molecule has 0 aromatic heterocycles. The fourth-order valence-electron chi connectivity index (χ4n) is 2.05. The van der Waals surface area contributed by atoms with Gasteiger partial charge in [0.25, 0.3) is 9.05 Å². The molecule has 0 saturated carbocycles. The Labute approximate surface area is 105 Å². The third-order valence-electron chi connectivity index (χ3n) is 2.84. The van der Waals surface area contributed by atoms with Gasteiger partial charge in [0.1, 0.15) is 0 Å². The van der Waals surface area contributed by atoms with E-state index in [4.69, 9.17) is 10.7 Å². The Morgan fingerprint density at radius 3 is 2.44 bits per heavy atom. The molecule has 0 bridgehead atoms. The summed E-state index contributed by atoms with van der Waals surface area (Å²) in [6, 6.07) is 7.08. The van der Waals surface area contributed by atoms with E-state index < -0.39 is 9.05 Å². The molecule has 1 aliphatic rings. The van der Waals surface area contributed by atoms with Crippen molar-refractivity contribution in [2.45, 2.75) is 23.7 Å². The summed E-state index contributed by atoms with van der Waals surface area (Å²) in [5.41, 5.74) is 0.887. The van der Waals surface area contributed by atoms with Gasteiger partial charge in [-0.1, -0.05) is 18.2 Å². The average Bonchev–Trinajstić information content (AvgIpc) is 2.29. The Kier molecular flexibility index (Phi) is 3.82. The number of thioether (sulfide) groups is 1. The standard InChI is InChI=1S/C11H13ClO2S2/c12-16(13,14)11-4-2-1-3-10(11)9-5-7-15-8-6-9/h1-4,9H,5-8H2. The van der Waals surface area contributed by atoms with Crippen LogP contribution in [0.5, 0.6) is 0 Å². The van der Waals surface area contributed by atoms with Crippen LogP contribution in [-0.4, -0.2) is 19.9 Å². The van der Waals surface area contributed by atoms with Gasteiger partial charge >= 0.3 is 0 Å². The van der Waals surface area contributed by atoms with E-state index in [0.29, 0.717) is 5.92 Å². The van der Waals surface area contributed by atoms with Crippen molar-refractivity contribution in [1.29, 1.82) is 0 Å². The molecule has 2 nitrogen and oxygen atoms in total. The van der Waals surface area contributed by atoms with Crippen molar-refractivity contribution < 1.29 is 8.42 Å². The smallest absolute Gasteiger partial charge is 0.207 e. The lowest BCUT2D eigenvalue weighted by Gasteiger charge is -2.23. The van der Waals surface area contributed by atoms with Crippen molar-refractivity contribution in [3.8, 4) is 0 Å². The Hall–Kier alpha value is -0.190. The minimum absolute atomic E-state index is 0.286. The summed E-state index contributed by atoms with van der Waals surface area (Å²) in [7, 11) is 1.83. The predicted octanol–water partition coefficient (Wildman–Crippen LogP) is 3.22. The number of hydrogen-bond acceptors (Lipinski definition) is 3. The second kappa shape index (κ2) is 4.98. The van der Waals surface area contributed by atoms with E-state index in [-0.39, 0.29) is 4.90 Å². The van der Waals surface area contributed by atoms with Gasteiger partial charge in [0.2, 0.25) is 0 Å². The molecular formula is C11H13ClO2S2. The summed E-state index contributed by atoms with van der Waals surface area (Å²) in [5, 5.41) is 0. The first-order valence-corrected chi connectivity index (χ1v) is 8.67. The summed E-state index contributed by atoms with van der Waals surface area (Å²) >= 11 is 1.92. The first-order chi connectivity index (χ1) is 7.59. The van der Waals surface area contributed by atoms with E-state index >= 15 is 0 Å². The summed E-state index contributed by atoms with van der Waals surface area (Å²) in [6.07, 6.45) is 2.07. The number of halogens is 1. The summed E-state index contributed by atoms with van der Waals surface area (Å²) in [5.74, 6) is 2.54. The highest BCUT2D eigenvalue weighted by Crippen LogP contribution is 2.35. The first kappa shape index (κ1) is 12.3. The number of hydrogen-bond donors (Lipinski definition) is 0. The van der Waals surface area contributed by atoms with Gasteiger partial charge in [-0.2, -0.15) is 11.8 Å². The predicted molar refractivity (Wildman–Crippen MR) is 68.8 cm³/mol. The summed E-state index contributed by atoms with van der Waals surface area (Å²) in [6.45, 7) is 0. The SMILES string of the molecule is O=S(=O)(Cl)c1ccccc1C1CCSCC1. The zero-order chi connectivity index (χ0) is 11.6. The summed E-state index contributed by atoms with van der Waals surface area (Å²) in [4.78, 5) is 0.286. The lowest BCUT2D eigenvalue weighted by molar-refractivity contribution is 0.596. The molecule has 2 rings (SSSR count).